The van der Waals surface area contributed by atoms with Gasteiger partial charge in [-0.25, -0.2) is 0 Å². The number of fused-ring (bicyclic) bond motifs is 1. The zero-order chi connectivity index (χ0) is 9.26. The van der Waals surface area contributed by atoms with Crippen LogP contribution in [0.4, 0.5) is 0 Å². The van der Waals surface area contributed by atoms with Crippen LogP contribution in [0.3, 0.4) is 0 Å². The molecule has 0 fully saturated rings. The number of hydrogen-bond donors (Lipinski definition) is 0. The zero-order valence-electron chi connectivity index (χ0n) is 7.45. The molecule has 1 radical (unpaired) electrons. The molecule has 1 atom stereocenters. The number of ether oxygens (including phenoxy) is 1. The van der Waals surface area contributed by atoms with Gasteiger partial charge >= 0.3 is 83.3 Å². The third kappa shape index (κ3) is 1.82. The Morgan fingerprint density at radius 1 is 1.62 bits per heavy atom. The molecule has 2 nitrogen and oxygen atoms in total. The topological polar surface area (TPSA) is 26.3 Å². The van der Waals surface area contributed by atoms with E-state index >= 15 is 0 Å². The SMILES string of the molecule is Cc1ccc2c(c1)OC(C[Se]=O)C2. The molecule has 0 spiro atoms. The Morgan fingerprint density at radius 2 is 2.46 bits per heavy atom. The average molecular weight is 242 g/mol. The minimum absolute atomic E-state index is 0.147. The number of rotatable bonds is 2. The van der Waals surface area contributed by atoms with Crippen molar-refractivity contribution in [1.29, 1.82) is 0 Å². The first kappa shape index (κ1) is 8.92. The van der Waals surface area contributed by atoms with Gasteiger partial charge in [-0.15, -0.1) is 0 Å². The quantitative estimate of drug-likeness (QED) is 0.739. The van der Waals surface area contributed by atoms with Gasteiger partial charge in [-0.05, 0) is 0 Å². The van der Waals surface area contributed by atoms with Gasteiger partial charge in [0.15, 0.2) is 0 Å². The molecule has 1 unspecified atom stereocenters. The first-order valence-corrected chi connectivity index (χ1v) is 6.21. The summed E-state index contributed by atoms with van der Waals surface area (Å²) in [6.45, 7) is 2.05. The Labute approximate surface area is 83.6 Å². The summed E-state index contributed by atoms with van der Waals surface area (Å²) >= 11 is -0.526. The molecule has 0 saturated heterocycles. The molecule has 13 heavy (non-hydrogen) atoms. The van der Waals surface area contributed by atoms with Crippen LogP contribution in [0.15, 0.2) is 18.2 Å². The maximum atomic E-state index is 10.5. The van der Waals surface area contributed by atoms with Crippen LogP contribution in [0.5, 0.6) is 5.75 Å². The Kier molecular flexibility index (Phi) is 2.47. The first-order valence-electron chi connectivity index (χ1n) is 4.30. The van der Waals surface area contributed by atoms with Crippen molar-refractivity contribution in [1.82, 2.24) is 0 Å². The molecule has 0 N–H and O–H groups in total. The monoisotopic (exact) mass is 243 g/mol. The molecule has 0 bridgehead atoms. The van der Waals surface area contributed by atoms with E-state index in [0.29, 0.717) is 5.32 Å². The average Bonchev–Trinajstić information content (AvgIpc) is 2.46. The standard InChI is InChI=1S/C10H11O2Se/c1-7-2-3-8-5-9(6-13-11)12-10(8)4-7/h2-4,9H,5-6H2,1H3. The number of benzene rings is 1. The van der Waals surface area contributed by atoms with Crippen molar-refractivity contribution >= 4 is 14.9 Å². The Morgan fingerprint density at radius 3 is 3.23 bits per heavy atom. The molecule has 69 valence electrons. The fourth-order valence-corrected chi connectivity index (χ4v) is 2.28. The van der Waals surface area contributed by atoms with Crippen molar-refractivity contribution in [2.45, 2.75) is 24.8 Å². The van der Waals surface area contributed by atoms with E-state index in [4.69, 9.17) is 4.74 Å². The molecule has 0 saturated carbocycles. The van der Waals surface area contributed by atoms with Crippen molar-refractivity contribution in [3.05, 3.63) is 29.3 Å². The van der Waals surface area contributed by atoms with Crippen LogP contribution in [-0.2, 0) is 10.3 Å². The number of aryl methyl sites for hydroxylation is 1. The van der Waals surface area contributed by atoms with Gasteiger partial charge in [0.1, 0.15) is 0 Å². The number of hydrogen-bond acceptors (Lipinski definition) is 2. The fraction of sp³-hybridized carbons (Fsp3) is 0.400. The van der Waals surface area contributed by atoms with E-state index in [2.05, 4.69) is 19.1 Å². The van der Waals surface area contributed by atoms with Gasteiger partial charge in [-0.1, -0.05) is 0 Å². The van der Waals surface area contributed by atoms with E-state index in [1.165, 1.54) is 11.1 Å². The van der Waals surface area contributed by atoms with E-state index in [1.54, 1.807) is 0 Å². The molecule has 1 aliphatic heterocycles. The predicted molar refractivity (Wildman–Crippen MR) is 50.5 cm³/mol. The van der Waals surface area contributed by atoms with Crippen molar-refractivity contribution in [3.63, 3.8) is 0 Å². The van der Waals surface area contributed by atoms with Crippen molar-refractivity contribution in [2.75, 3.05) is 0 Å². The minimum atomic E-state index is -0.526. The maximum absolute atomic E-state index is 10.5. The molecule has 1 aromatic rings. The van der Waals surface area contributed by atoms with Crippen molar-refractivity contribution < 1.29 is 8.57 Å². The van der Waals surface area contributed by atoms with E-state index in [9.17, 15) is 3.83 Å². The van der Waals surface area contributed by atoms with Crippen LogP contribution >= 0.6 is 0 Å². The van der Waals surface area contributed by atoms with Gasteiger partial charge in [0.05, 0.1) is 0 Å². The van der Waals surface area contributed by atoms with Crippen LogP contribution in [-0.4, -0.2) is 21.0 Å². The summed E-state index contributed by atoms with van der Waals surface area (Å²) in [5, 5.41) is 0.681. The van der Waals surface area contributed by atoms with Gasteiger partial charge < -0.3 is 0 Å². The molecule has 0 amide bonds. The molecular formula is C10H11O2Se. The fourth-order valence-electron chi connectivity index (χ4n) is 1.58. The van der Waals surface area contributed by atoms with Crippen LogP contribution in [0.1, 0.15) is 11.1 Å². The zero-order valence-corrected chi connectivity index (χ0v) is 9.16. The Hall–Kier alpha value is -0.661. The molecule has 0 aromatic heterocycles. The van der Waals surface area contributed by atoms with Crippen molar-refractivity contribution in [3.8, 4) is 5.75 Å². The third-order valence-corrected chi connectivity index (χ3v) is 3.28. The summed E-state index contributed by atoms with van der Waals surface area (Å²) in [5.74, 6) is 0.981. The van der Waals surface area contributed by atoms with E-state index in [-0.39, 0.29) is 6.10 Å². The van der Waals surface area contributed by atoms with Crippen LogP contribution in [0.25, 0.3) is 0 Å². The van der Waals surface area contributed by atoms with Crippen LogP contribution in [0.2, 0.25) is 5.32 Å². The molecule has 3 heteroatoms. The molecular weight excluding hydrogens is 231 g/mol. The summed E-state index contributed by atoms with van der Waals surface area (Å²) in [6.07, 6.45) is 1.06. The molecule has 1 aromatic carbocycles. The van der Waals surface area contributed by atoms with Crippen LogP contribution in [0, 0.1) is 6.92 Å². The Bertz CT molecular complexity index is 336. The van der Waals surface area contributed by atoms with Crippen LogP contribution < -0.4 is 4.74 Å². The molecule has 0 aliphatic carbocycles. The molecule has 1 aliphatic rings. The second kappa shape index (κ2) is 3.60. The summed E-state index contributed by atoms with van der Waals surface area (Å²) in [6, 6.07) is 6.24. The third-order valence-electron chi connectivity index (χ3n) is 2.22. The van der Waals surface area contributed by atoms with Crippen molar-refractivity contribution in [2.24, 2.45) is 0 Å². The van der Waals surface area contributed by atoms with E-state index in [1.807, 2.05) is 6.07 Å². The van der Waals surface area contributed by atoms with Gasteiger partial charge in [0.2, 0.25) is 0 Å². The predicted octanol–water partition coefficient (Wildman–Crippen LogP) is 1.77. The summed E-state index contributed by atoms with van der Waals surface area (Å²) in [4.78, 5) is 0. The second-order valence-corrected chi connectivity index (χ2v) is 4.53. The molecule has 2 rings (SSSR count). The first-order chi connectivity index (χ1) is 6.29. The summed E-state index contributed by atoms with van der Waals surface area (Å²) in [5.41, 5.74) is 2.46. The summed E-state index contributed by atoms with van der Waals surface area (Å²) < 4.78 is 16.1. The van der Waals surface area contributed by atoms with Gasteiger partial charge in [-0.2, -0.15) is 0 Å². The van der Waals surface area contributed by atoms with Gasteiger partial charge in [0.25, 0.3) is 0 Å². The van der Waals surface area contributed by atoms with Gasteiger partial charge in [-0.3, -0.25) is 0 Å². The van der Waals surface area contributed by atoms with E-state index < -0.39 is 14.9 Å². The second-order valence-electron chi connectivity index (χ2n) is 3.34. The Balaban J connectivity index is 2.20. The molecule has 1 heterocycles. The van der Waals surface area contributed by atoms with Gasteiger partial charge in [0, 0.05) is 0 Å². The van der Waals surface area contributed by atoms with E-state index in [0.717, 1.165) is 12.2 Å². The normalized spacial score (nSPS) is 19.3. The summed E-state index contributed by atoms with van der Waals surface area (Å²) in [7, 11) is 0.